The fourth-order valence-electron chi connectivity index (χ4n) is 0.280. The van der Waals surface area contributed by atoms with Crippen LogP contribution in [0.2, 0.25) is 0 Å². The number of rotatable bonds is 3. The van der Waals surface area contributed by atoms with Gasteiger partial charge in [-0.3, -0.25) is 4.99 Å². The molecule has 0 aromatic rings. The molecule has 3 nitrogen and oxygen atoms in total. The Morgan fingerprint density at radius 2 is 2.50 bits per heavy atom. The Morgan fingerprint density at radius 3 is 3.00 bits per heavy atom. The molecule has 0 aliphatic rings. The van der Waals surface area contributed by atoms with E-state index in [1.54, 1.807) is 13.4 Å². The van der Waals surface area contributed by atoms with Gasteiger partial charge in [-0.2, -0.15) is 0 Å². The first kappa shape index (κ1) is 7.01. The van der Waals surface area contributed by atoms with Crippen LogP contribution in [0, 0.1) is 0 Å². The molecule has 0 aliphatic carbocycles. The second-order valence-corrected chi connectivity index (χ2v) is 1.22. The van der Waals surface area contributed by atoms with Crippen LogP contribution in [-0.2, 0) is 0 Å². The van der Waals surface area contributed by atoms with Crippen LogP contribution in [0.1, 0.15) is 0 Å². The van der Waals surface area contributed by atoms with Gasteiger partial charge in [0.15, 0.2) is 0 Å². The summed E-state index contributed by atoms with van der Waals surface area (Å²) in [5.41, 5.74) is 5.05. The summed E-state index contributed by atoms with van der Waals surface area (Å²) >= 11 is 0. The average molecular weight is 113 g/mol. The summed E-state index contributed by atoms with van der Waals surface area (Å²) in [5, 5.41) is 2.88. The van der Waals surface area contributed by atoms with Crippen molar-refractivity contribution in [2.45, 2.75) is 0 Å². The Kier molecular flexibility index (Phi) is 5.27. The van der Waals surface area contributed by atoms with Crippen molar-refractivity contribution in [2.75, 3.05) is 13.6 Å². The van der Waals surface area contributed by atoms with Gasteiger partial charge in [0.1, 0.15) is 0 Å². The SMILES string of the molecule is CN=CNC/C=C/N. The molecule has 3 N–H and O–H groups in total. The fraction of sp³-hybridized carbons (Fsp3) is 0.400. The first-order valence-corrected chi connectivity index (χ1v) is 2.42. The number of nitrogens with two attached hydrogens (primary N) is 1. The van der Waals surface area contributed by atoms with E-state index in [4.69, 9.17) is 5.73 Å². The minimum absolute atomic E-state index is 0.744. The summed E-state index contributed by atoms with van der Waals surface area (Å²) in [6.07, 6.45) is 4.93. The standard InChI is InChI=1S/C5H11N3/c1-7-5-8-4-2-3-6/h2-3,5H,4,6H2,1H3,(H,7,8)/b3-2+. The molecule has 8 heavy (non-hydrogen) atoms. The summed E-state index contributed by atoms with van der Waals surface area (Å²) in [6.45, 7) is 0.744. The van der Waals surface area contributed by atoms with Gasteiger partial charge in [0.05, 0.1) is 6.34 Å². The number of hydrogen-bond acceptors (Lipinski definition) is 2. The van der Waals surface area contributed by atoms with E-state index in [-0.39, 0.29) is 0 Å². The molecule has 3 heteroatoms. The zero-order valence-corrected chi connectivity index (χ0v) is 4.96. The molecule has 0 atom stereocenters. The predicted octanol–water partition coefficient (Wildman–Crippen LogP) is -0.294. The van der Waals surface area contributed by atoms with Crippen molar-refractivity contribution in [3.63, 3.8) is 0 Å². The molecule has 0 unspecified atom stereocenters. The molecule has 0 fully saturated rings. The van der Waals surface area contributed by atoms with Crippen LogP contribution in [0.3, 0.4) is 0 Å². The van der Waals surface area contributed by atoms with E-state index in [1.807, 2.05) is 6.08 Å². The van der Waals surface area contributed by atoms with Gasteiger partial charge in [0.25, 0.3) is 0 Å². The molecule has 0 radical (unpaired) electrons. The smallest absolute Gasteiger partial charge is 0.0822 e. The maximum absolute atomic E-state index is 5.05. The molecular weight excluding hydrogens is 102 g/mol. The highest BCUT2D eigenvalue weighted by molar-refractivity contribution is 5.53. The highest BCUT2D eigenvalue weighted by Gasteiger charge is 1.66. The number of nitrogens with one attached hydrogen (secondary N) is 1. The Morgan fingerprint density at radius 1 is 1.75 bits per heavy atom. The van der Waals surface area contributed by atoms with Gasteiger partial charge in [0, 0.05) is 13.6 Å². The Balaban J connectivity index is 2.93. The van der Waals surface area contributed by atoms with Gasteiger partial charge >= 0.3 is 0 Å². The van der Waals surface area contributed by atoms with Crippen LogP contribution < -0.4 is 11.1 Å². The van der Waals surface area contributed by atoms with Crippen LogP contribution in [0.5, 0.6) is 0 Å². The first-order valence-electron chi connectivity index (χ1n) is 2.42. The number of aliphatic imine (C=N–C) groups is 1. The topological polar surface area (TPSA) is 50.4 Å². The van der Waals surface area contributed by atoms with Gasteiger partial charge in [0.2, 0.25) is 0 Å². The molecule has 0 rings (SSSR count). The molecule has 0 amide bonds. The van der Waals surface area contributed by atoms with Crippen molar-refractivity contribution in [1.82, 2.24) is 5.32 Å². The molecule has 0 bridgehead atoms. The second-order valence-electron chi connectivity index (χ2n) is 1.22. The van der Waals surface area contributed by atoms with Crippen molar-refractivity contribution in [3.8, 4) is 0 Å². The van der Waals surface area contributed by atoms with E-state index in [2.05, 4.69) is 10.3 Å². The minimum atomic E-state index is 0.744. The predicted molar refractivity (Wildman–Crippen MR) is 35.7 cm³/mol. The van der Waals surface area contributed by atoms with E-state index in [0.717, 1.165) is 6.54 Å². The zero-order valence-electron chi connectivity index (χ0n) is 4.96. The van der Waals surface area contributed by atoms with Crippen molar-refractivity contribution in [1.29, 1.82) is 0 Å². The lowest BCUT2D eigenvalue weighted by atomic mass is 10.6. The van der Waals surface area contributed by atoms with E-state index < -0.39 is 0 Å². The van der Waals surface area contributed by atoms with Crippen molar-refractivity contribution >= 4 is 6.34 Å². The molecule has 0 heterocycles. The van der Waals surface area contributed by atoms with Crippen molar-refractivity contribution in [2.24, 2.45) is 10.7 Å². The highest BCUT2D eigenvalue weighted by atomic mass is 14.9. The monoisotopic (exact) mass is 113 g/mol. The van der Waals surface area contributed by atoms with Crippen LogP contribution in [0.15, 0.2) is 17.3 Å². The minimum Gasteiger partial charge on any atom is -0.405 e. The van der Waals surface area contributed by atoms with E-state index >= 15 is 0 Å². The lowest BCUT2D eigenvalue weighted by molar-refractivity contribution is 1.06. The summed E-state index contributed by atoms with van der Waals surface area (Å²) < 4.78 is 0. The van der Waals surface area contributed by atoms with E-state index in [1.165, 1.54) is 6.20 Å². The lowest BCUT2D eigenvalue weighted by Crippen LogP contribution is -2.10. The third-order valence-electron chi connectivity index (χ3n) is 0.592. The summed E-state index contributed by atoms with van der Waals surface area (Å²) in [7, 11) is 1.71. The highest BCUT2D eigenvalue weighted by Crippen LogP contribution is 1.57. The third-order valence-corrected chi connectivity index (χ3v) is 0.592. The summed E-state index contributed by atoms with van der Waals surface area (Å²) in [4.78, 5) is 3.70. The molecule has 0 saturated heterocycles. The zero-order chi connectivity index (χ0) is 6.24. The molecule has 0 saturated carbocycles. The Bertz CT molecular complexity index is 73.7. The average Bonchev–Trinajstić information content (AvgIpc) is 1.81. The first-order chi connectivity index (χ1) is 3.91. The largest absolute Gasteiger partial charge is 0.405 e. The molecular formula is C5H11N3. The van der Waals surface area contributed by atoms with Crippen LogP contribution in [0.25, 0.3) is 0 Å². The normalized spacial score (nSPS) is 11.1. The van der Waals surface area contributed by atoms with Gasteiger partial charge in [-0.05, 0) is 12.3 Å². The van der Waals surface area contributed by atoms with Gasteiger partial charge < -0.3 is 11.1 Å². The van der Waals surface area contributed by atoms with Crippen LogP contribution in [-0.4, -0.2) is 19.9 Å². The molecule has 0 spiro atoms. The van der Waals surface area contributed by atoms with E-state index in [9.17, 15) is 0 Å². The molecule has 0 aromatic heterocycles. The Hall–Kier alpha value is -0.990. The van der Waals surface area contributed by atoms with Crippen molar-refractivity contribution < 1.29 is 0 Å². The van der Waals surface area contributed by atoms with Crippen LogP contribution in [0.4, 0.5) is 0 Å². The molecule has 46 valence electrons. The quantitative estimate of drug-likeness (QED) is 0.300. The number of nitrogens with zero attached hydrogens (tertiary/aromatic N) is 1. The summed E-state index contributed by atoms with van der Waals surface area (Å²) in [6, 6.07) is 0. The van der Waals surface area contributed by atoms with Crippen LogP contribution >= 0.6 is 0 Å². The Labute approximate surface area is 49.3 Å². The van der Waals surface area contributed by atoms with Gasteiger partial charge in [-0.1, -0.05) is 0 Å². The van der Waals surface area contributed by atoms with Gasteiger partial charge in [-0.15, -0.1) is 0 Å². The summed E-state index contributed by atoms with van der Waals surface area (Å²) in [5.74, 6) is 0. The maximum atomic E-state index is 5.05. The lowest BCUT2D eigenvalue weighted by Gasteiger charge is -1.88. The third kappa shape index (κ3) is 5.01. The van der Waals surface area contributed by atoms with E-state index in [0.29, 0.717) is 0 Å². The number of hydrogen-bond donors (Lipinski definition) is 2. The maximum Gasteiger partial charge on any atom is 0.0822 e. The van der Waals surface area contributed by atoms with Crippen molar-refractivity contribution in [3.05, 3.63) is 12.3 Å². The second kappa shape index (κ2) is 6.01. The molecule has 0 aromatic carbocycles. The fourth-order valence-corrected chi connectivity index (χ4v) is 0.280. The molecule has 0 aliphatic heterocycles. The van der Waals surface area contributed by atoms with Gasteiger partial charge in [-0.25, -0.2) is 0 Å².